The van der Waals surface area contributed by atoms with E-state index in [-0.39, 0.29) is 18.0 Å². The number of nitrogens with one attached hydrogen (secondary N) is 3. The lowest BCUT2D eigenvalue weighted by atomic mass is 9.97. The number of nitrogens with zero attached hydrogens (tertiary/aromatic N) is 4. The largest absolute Gasteiger partial charge is 0.378 e. The second-order valence-corrected chi connectivity index (χ2v) is 10.1. The summed E-state index contributed by atoms with van der Waals surface area (Å²) in [5.74, 6) is 1.45. The number of hydrogen-bond donors (Lipinski definition) is 3. The minimum Gasteiger partial charge on any atom is -0.378 e. The third-order valence-corrected chi connectivity index (χ3v) is 7.50. The van der Waals surface area contributed by atoms with Crippen LogP contribution in [0.2, 0.25) is 0 Å². The molecule has 1 aromatic carbocycles. The first-order chi connectivity index (χ1) is 19.5. The van der Waals surface area contributed by atoms with E-state index in [2.05, 4.69) is 58.0 Å². The molecule has 2 aromatic rings. The summed E-state index contributed by atoms with van der Waals surface area (Å²) in [6.45, 7) is 9.95. The molecule has 10 nitrogen and oxygen atoms in total. The molecular formula is C30H37N7O3. The van der Waals surface area contributed by atoms with Gasteiger partial charge in [0.25, 0.3) is 5.91 Å². The van der Waals surface area contributed by atoms with Gasteiger partial charge in [-0.2, -0.15) is 0 Å². The molecule has 0 bridgehead atoms. The molecule has 1 aromatic heterocycles. The summed E-state index contributed by atoms with van der Waals surface area (Å²) in [5.41, 5.74) is 5.16. The monoisotopic (exact) mass is 543 g/mol. The van der Waals surface area contributed by atoms with Crippen LogP contribution in [0.4, 0.5) is 16.3 Å². The highest BCUT2D eigenvalue weighted by atomic mass is 16.5. The third-order valence-electron chi connectivity index (χ3n) is 7.50. The van der Waals surface area contributed by atoms with E-state index in [1.54, 1.807) is 17.2 Å². The number of amides is 3. The van der Waals surface area contributed by atoms with Crippen LogP contribution in [0.1, 0.15) is 48.2 Å². The molecule has 10 heteroatoms. The number of fused-ring (bicyclic) bond motifs is 1. The molecule has 0 spiro atoms. The van der Waals surface area contributed by atoms with E-state index in [1.165, 1.54) is 0 Å². The van der Waals surface area contributed by atoms with Crippen LogP contribution in [-0.4, -0.2) is 78.0 Å². The maximum atomic E-state index is 12.8. The van der Waals surface area contributed by atoms with Crippen molar-refractivity contribution in [2.24, 2.45) is 4.99 Å². The molecule has 4 heterocycles. The van der Waals surface area contributed by atoms with Gasteiger partial charge in [-0.15, -0.1) is 0 Å². The molecule has 5 rings (SSSR count). The van der Waals surface area contributed by atoms with Gasteiger partial charge in [-0.05, 0) is 55.2 Å². The van der Waals surface area contributed by atoms with E-state index in [4.69, 9.17) is 9.73 Å². The molecule has 0 saturated carbocycles. The summed E-state index contributed by atoms with van der Waals surface area (Å²) in [6, 6.07) is 9.50. The van der Waals surface area contributed by atoms with Gasteiger partial charge in [0.15, 0.2) is 5.84 Å². The standard InChI is InChI=1S/C30H37N7O3/c1-4-23(5-2)33-30(39)35-25-8-6-7-24(20(25)3)22-17-26(28-31-11-12-37(28)19-22)34-27-10-9-21(18-32-27)29(38)36-13-15-40-16-14-36/h6-10,17-19,23H,4-5,11-16H2,1-3H3,(H,32,34)(H2,33,35,39). The number of carbonyl (C=O) groups excluding carboxylic acids is 2. The highest BCUT2D eigenvalue weighted by Crippen LogP contribution is 2.31. The number of hydrogen-bond acceptors (Lipinski definition) is 7. The zero-order valence-corrected chi connectivity index (χ0v) is 23.4. The van der Waals surface area contributed by atoms with Crippen molar-refractivity contribution < 1.29 is 14.3 Å². The topological polar surface area (TPSA) is 111 Å². The van der Waals surface area contributed by atoms with Gasteiger partial charge in [0.2, 0.25) is 0 Å². The van der Waals surface area contributed by atoms with Crippen molar-refractivity contribution in [2.45, 2.75) is 39.7 Å². The van der Waals surface area contributed by atoms with Gasteiger partial charge in [0.1, 0.15) is 5.82 Å². The lowest BCUT2D eigenvalue weighted by Crippen LogP contribution is -2.40. The van der Waals surface area contributed by atoms with E-state index in [0.717, 1.165) is 53.3 Å². The highest BCUT2D eigenvalue weighted by Gasteiger charge is 2.26. The van der Waals surface area contributed by atoms with Crippen molar-refractivity contribution in [2.75, 3.05) is 50.0 Å². The maximum absolute atomic E-state index is 12.8. The first-order valence-corrected chi connectivity index (χ1v) is 14.0. The fourth-order valence-corrected chi connectivity index (χ4v) is 5.09. The van der Waals surface area contributed by atoms with Gasteiger partial charge in [-0.3, -0.25) is 9.79 Å². The zero-order chi connectivity index (χ0) is 28.1. The Morgan fingerprint density at radius 3 is 2.60 bits per heavy atom. The van der Waals surface area contributed by atoms with E-state index < -0.39 is 0 Å². The zero-order valence-electron chi connectivity index (χ0n) is 23.4. The fraction of sp³-hybridized carbons (Fsp3) is 0.400. The number of allylic oxidation sites excluding steroid dienone is 2. The lowest BCUT2D eigenvalue weighted by Gasteiger charge is -2.27. The van der Waals surface area contributed by atoms with Crippen LogP contribution in [0.3, 0.4) is 0 Å². The van der Waals surface area contributed by atoms with Gasteiger partial charge < -0.3 is 30.5 Å². The SMILES string of the molecule is CCC(CC)NC(=O)Nc1cccc(C2=CN3CCN=C3C(Nc3ccc(C(=O)N4CCOCC4)cn3)=C2)c1C. The van der Waals surface area contributed by atoms with Crippen molar-refractivity contribution in [3.8, 4) is 0 Å². The molecule has 40 heavy (non-hydrogen) atoms. The minimum atomic E-state index is -0.194. The Morgan fingerprint density at radius 2 is 1.88 bits per heavy atom. The highest BCUT2D eigenvalue weighted by molar-refractivity contribution is 6.07. The number of benzene rings is 1. The summed E-state index contributed by atoms with van der Waals surface area (Å²) in [7, 11) is 0. The Kier molecular flexibility index (Phi) is 8.45. The molecule has 0 unspecified atom stereocenters. The molecule has 1 saturated heterocycles. The van der Waals surface area contributed by atoms with Crippen molar-refractivity contribution in [3.63, 3.8) is 0 Å². The third kappa shape index (κ3) is 6.02. The normalized spacial score (nSPS) is 16.6. The Morgan fingerprint density at radius 1 is 1.07 bits per heavy atom. The quantitative estimate of drug-likeness (QED) is 0.459. The number of aliphatic imine (C=N–C) groups is 1. The van der Waals surface area contributed by atoms with Crippen molar-refractivity contribution in [3.05, 3.63) is 71.2 Å². The van der Waals surface area contributed by atoms with E-state index >= 15 is 0 Å². The Labute approximate surface area is 235 Å². The molecule has 210 valence electrons. The van der Waals surface area contributed by atoms with Crippen LogP contribution >= 0.6 is 0 Å². The Hall–Kier alpha value is -4.18. The average molecular weight is 544 g/mol. The van der Waals surface area contributed by atoms with Crippen molar-refractivity contribution in [1.82, 2.24) is 20.1 Å². The average Bonchev–Trinajstić information content (AvgIpc) is 3.47. The first-order valence-electron chi connectivity index (χ1n) is 14.0. The van der Waals surface area contributed by atoms with Crippen LogP contribution < -0.4 is 16.0 Å². The van der Waals surface area contributed by atoms with Gasteiger partial charge in [-0.1, -0.05) is 26.0 Å². The summed E-state index contributed by atoms with van der Waals surface area (Å²) in [4.78, 5) is 38.6. The van der Waals surface area contributed by atoms with Crippen LogP contribution in [0.5, 0.6) is 0 Å². The number of pyridine rings is 1. The number of aromatic nitrogens is 1. The molecule has 3 aliphatic heterocycles. The van der Waals surface area contributed by atoms with E-state index in [0.29, 0.717) is 44.2 Å². The number of ether oxygens (including phenoxy) is 1. The number of morpholine rings is 1. The second kappa shape index (κ2) is 12.3. The molecule has 0 aliphatic carbocycles. The summed E-state index contributed by atoms with van der Waals surface area (Å²) < 4.78 is 5.35. The number of rotatable bonds is 8. The van der Waals surface area contributed by atoms with E-state index in [9.17, 15) is 9.59 Å². The van der Waals surface area contributed by atoms with Gasteiger partial charge in [0, 0.05) is 49.3 Å². The molecule has 3 aliphatic rings. The molecule has 0 radical (unpaired) electrons. The molecule has 3 amide bonds. The summed E-state index contributed by atoms with van der Waals surface area (Å²) in [6.07, 6.45) is 7.55. The predicted octanol–water partition coefficient (Wildman–Crippen LogP) is 4.24. The van der Waals surface area contributed by atoms with Crippen molar-refractivity contribution >= 4 is 34.9 Å². The maximum Gasteiger partial charge on any atom is 0.319 e. The molecule has 1 fully saturated rings. The molecule has 0 atom stereocenters. The minimum absolute atomic E-state index is 0.0339. The van der Waals surface area contributed by atoms with Crippen LogP contribution in [0, 0.1) is 6.92 Å². The summed E-state index contributed by atoms with van der Waals surface area (Å²) >= 11 is 0. The van der Waals surface area contributed by atoms with Crippen LogP contribution in [0.15, 0.2) is 59.5 Å². The van der Waals surface area contributed by atoms with Crippen molar-refractivity contribution in [1.29, 1.82) is 0 Å². The molecule has 3 N–H and O–H groups in total. The Balaban J connectivity index is 1.34. The summed E-state index contributed by atoms with van der Waals surface area (Å²) in [5, 5.41) is 9.47. The van der Waals surface area contributed by atoms with Gasteiger partial charge in [-0.25, -0.2) is 9.78 Å². The number of anilines is 2. The van der Waals surface area contributed by atoms with Gasteiger partial charge in [0.05, 0.1) is 31.0 Å². The van der Waals surface area contributed by atoms with E-state index in [1.807, 2.05) is 25.1 Å². The van der Waals surface area contributed by atoms with Gasteiger partial charge >= 0.3 is 6.03 Å². The first kappa shape index (κ1) is 27.4. The van der Waals surface area contributed by atoms with Crippen LogP contribution in [-0.2, 0) is 4.74 Å². The molecular weight excluding hydrogens is 506 g/mol. The predicted molar refractivity (Wildman–Crippen MR) is 157 cm³/mol. The smallest absolute Gasteiger partial charge is 0.319 e. The number of carbonyl (C=O) groups is 2. The Bertz CT molecular complexity index is 1340. The number of amidine groups is 1. The number of urea groups is 1. The lowest BCUT2D eigenvalue weighted by molar-refractivity contribution is 0.0302. The fourth-order valence-electron chi connectivity index (χ4n) is 5.09. The second-order valence-electron chi connectivity index (χ2n) is 10.1. The van der Waals surface area contributed by atoms with Crippen LogP contribution in [0.25, 0.3) is 5.57 Å².